The average Bonchev–Trinajstić information content (AvgIpc) is 3.15. The van der Waals surface area contributed by atoms with E-state index >= 15 is 0 Å². The number of ketones is 1. The molecule has 1 aliphatic rings. The van der Waals surface area contributed by atoms with Gasteiger partial charge in [-0.2, -0.15) is 0 Å². The van der Waals surface area contributed by atoms with Crippen LogP contribution in [-0.4, -0.2) is 37.7 Å². The Morgan fingerprint density at radius 2 is 1.89 bits per heavy atom. The molecule has 1 aromatic carbocycles. The lowest BCUT2D eigenvalue weighted by Crippen LogP contribution is -2.16. The Labute approximate surface area is 169 Å². The van der Waals surface area contributed by atoms with Crippen LogP contribution in [0.5, 0.6) is 0 Å². The van der Waals surface area contributed by atoms with Crippen molar-refractivity contribution in [3.05, 3.63) is 29.8 Å². The summed E-state index contributed by atoms with van der Waals surface area (Å²) in [4.78, 5) is 24.4. The third kappa shape index (κ3) is 5.64. The molecule has 3 rings (SSSR count). The maximum Gasteiger partial charge on any atom is 0.224 e. The van der Waals surface area contributed by atoms with E-state index in [-0.39, 0.29) is 17.4 Å². The zero-order chi connectivity index (χ0) is 19.9. The number of hydrogen-bond donors (Lipinski definition) is 1. The molecule has 2 aromatic rings. The number of carbonyl (C=O) groups excluding carboxylic acids is 2. The van der Waals surface area contributed by atoms with Crippen LogP contribution in [0.4, 0.5) is 5.69 Å². The lowest BCUT2D eigenvalue weighted by atomic mass is 9.96. The molecule has 1 aliphatic carbocycles. The van der Waals surface area contributed by atoms with Crippen LogP contribution in [0.25, 0.3) is 0 Å². The van der Waals surface area contributed by atoms with Crippen LogP contribution in [0.1, 0.15) is 68.8 Å². The first-order valence-electron chi connectivity index (χ1n) is 9.86. The number of anilines is 1. The van der Waals surface area contributed by atoms with Gasteiger partial charge < -0.3 is 5.32 Å². The Hall–Kier alpha value is -2.22. The second kappa shape index (κ2) is 9.82. The molecule has 0 spiro atoms. The number of thioether (sulfide) groups is 1. The molecular formula is C20H27N5O2S. The van der Waals surface area contributed by atoms with E-state index in [0.29, 0.717) is 34.8 Å². The van der Waals surface area contributed by atoms with Gasteiger partial charge in [0.2, 0.25) is 11.1 Å². The predicted molar refractivity (Wildman–Crippen MR) is 110 cm³/mol. The van der Waals surface area contributed by atoms with Crippen molar-refractivity contribution in [2.75, 3.05) is 11.1 Å². The van der Waals surface area contributed by atoms with Crippen LogP contribution in [0.3, 0.4) is 0 Å². The van der Waals surface area contributed by atoms with Crippen LogP contribution in [-0.2, 0) is 4.79 Å². The summed E-state index contributed by atoms with van der Waals surface area (Å²) in [7, 11) is 0. The van der Waals surface area contributed by atoms with Crippen molar-refractivity contribution >= 4 is 29.1 Å². The summed E-state index contributed by atoms with van der Waals surface area (Å²) in [6.07, 6.45) is 6.34. The van der Waals surface area contributed by atoms with Gasteiger partial charge in [-0.3, -0.25) is 9.59 Å². The number of Topliss-reactive ketones (excluding diaryl/α,β-unsaturated/α-hetero) is 1. The average molecular weight is 402 g/mol. The summed E-state index contributed by atoms with van der Waals surface area (Å²) in [5, 5.41) is 15.6. The minimum Gasteiger partial charge on any atom is -0.326 e. The minimum absolute atomic E-state index is 0.0146. The molecule has 1 amide bonds. The molecule has 0 bridgehead atoms. The fourth-order valence-electron chi connectivity index (χ4n) is 3.37. The molecule has 0 aliphatic heterocycles. The number of nitrogens with zero attached hydrogens (tertiary/aromatic N) is 4. The van der Waals surface area contributed by atoms with Crippen molar-refractivity contribution < 1.29 is 9.59 Å². The molecular weight excluding hydrogens is 374 g/mol. The van der Waals surface area contributed by atoms with Gasteiger partial charge in [-0.1, -0.05) is 44.9 Å². The summed E-state index contributed by atoms with van der Waals surface area (Å²) in [6.45, 7) is 4.01. The number of amides is 1. The van der Waals surface area contributed by atoms with E-state index in [4.69, 9.17) is 0 Å². The fourth-order valence-corrected chi connectivity index (χ4v) is 4.21. The molecule has 1 N–H and O–H groups in total. The highest BCUT2D eigenvalue weighted by molar-refractivity contribution is 7.99. The SMILES string of the molecule is CC(C)CC(=O)Nc1ccc(C(=O)CSc2nnnn2C2CCCCC2)cc1. The van der Waals surface area contributed by atoms with Gasteiger partial charge in [0.1, 0.15) is 0 Å². The van der Waals surface area contributed by atoms with Gasteiger partial charge in [0.15, 0.2) is 5.78 Å². The third-order valence-electron chi connectivity index (χ3n) is 4.80. The van der Waals surface area contributed by atoms with E-state index in [9.17, 15) is 9.59 Å². The number of benzene rings is 1. The monoisotopic (exact) mass is 401 g/mol. The molecule has 0 atom stereocenters. The molecule has 0 saturated heterocycles. The normalized spacial score (nSPS) is 15.0. The van der Waals surface area contributed by atoms with Gasteiger partial charge >= 0.3 is 0 Å². The van der Waals surface area contributed by atoms with E-state index in [2.05, 4.69) is 20.8 Å². The Morgan fingerprint density at radius 3 is 2.57 bits per heavy atom. The molecule has 1 fully saturated rings. The van der Waals surface area contributed by atoms with Gasteiger partial charge in [-0.15, -0.1) is 5.10 Å². The first-order valence-corrected chi connectivity index (χ1v) is 10.8. The van der Waals surface area contributed by atoms with E-state index in [0.717, 1.165) is 12.8 Å². The van der Waals surface area contributed by atoms with Crippen LogP contribution in [0.2, 0.25) is 0 Å². The van der Waals surface area contributed by atoms with E-state index in [1.165, 1.54) is 31.0 Å². The highest BCUT2D eigenvalue weighted by atomic mass is 32.2. The van der Waals surface area contributed by atoms with Crippen molar-refractivity contribution in [2.45, 2.75) is 63.6 Å². The van der Waals surface area contributed by atoms with Gasteiger partial charge in [0.25, 0.3) is 0 Å². The number of tetrazole rings is 1. The lowest BCUT2D eigenvalue weighted by molar-refractivity contribution is -0.116. The second-order valence-corrected chi connectivity index (χ2v) is 8.58. The zero-order valence-electron chi connectivity index (χ0n) is 16.4. The molecule has 7 nitrogen and oxygen atoms in total. The Kier molecular flexibility index (Phi) is 7.19. The minimum atomic E-state index is -0.0146. The summed E-state index contributed by atoms with van der Waals surface area (Å²) in [6, 6.07) is 7.37. The third-order valence-corrected chi connectivity index (χ3v) is 5.73. The summed E-state index contributed by atoms with van der Waals surface area (Å²) >= 11 is 1.38. The van der Waals surface area contributed by atoms with Crippen molar-refractivity contribution in [3.8, 4) is 0 Å². The van der Waals surface area contributed by atoms with Crippen molar-refractivity contribution in [1.82, 2.24) is 20.2 Å². The fraction of sp³-hybridized carbons (Fsp3) is 0.550. The summed E-state index contributed by atoms with van der Waals surface area (Å²) in [5.74, 6) is 0.594. The Bertz CT molecular complexity index is 797. The van der Waals surface area contributed by atoms with Crippen LogP contribution < -0.4 is 5.32 Å². The van der Waals surface area contributed by atoms with Crippen molar-refractivity contribution in [2.24, 2.45) is 5.92 Å². The second-order valence-electron chi connectivity index (χ2n) is 7.63. The number of carbonyl (C=O) groups is 2. The molecule has 1 saturated carbocycles. The van der Waals surface area contributed by atoms with Crippen LogP contribution >= 0.6 is 11.8 Å². The largest absolute Gasteiger partial charge is 0.326 e. The maximum atomic E-state index is 12.5. The first-order chi connectivity index (χ1) is 13.5. The molecule has 0 unspecified atom stereocenters. The van der Waals surface area contributed by atoms with Crippen LogP contribution in [0.15, 0.2) is 29.4 Å². The molecule has 8 heteroatoms. The summed E-state index contributed by atoms with van der Waals surface area (Å²) < 4.78 is 1.88. The van der Waals surface area contributed by atoms with Gasteiger partial charge in [0, 0.05) is 17.7 Å². The Morgan fingerprint density at radius 1 is 1.18 bits per heavy atom. The quantitative estimate of drug-likeness (QED) is 0.528. The molecule has 0 radical (unpaired) electrons. The van der Waals surface area contributed by atoms with E-state index in [1.54, 1.807) is 24.3 Å². The smallest absolute Gasteiger partial charge is 0.224 e. The topological polar surface area (TPSA) is 89.8 Å². The van der Waals surface area contributed by atoms with Gasteiger partial charge in [-0.25, -0.2) is 4.68 Å². The summed E-state index contributed by atoms with van der Waals surface area (Å²) in [5.41, 5.74) is 1.32. The first kappa shape index (κ1) is 20.5. The van der Waals surface area contributed by atoms with E-state index in [1.807, 2.05) is 18.5 Å². The highest BCUT2D eigenvalue weighted by Crippen LogP contribution is 2.30. The van der Waals surface area contributed by atoms with Crippen molar-refractivity contribution in [1.29, 1.82) is 0 Å². The van der Waals surface area contributed by atoms with E-state index < -0.39 is 0 Å². The standard InChI is InChI=1S/C20H27N5O2S/c1-14(2)12-19(27)21-16-10-8-15(9-11-16)18(26)13-28-20-22-23-24-25(20)17-6-4-3-5-7-17/h8-11,14,17H,3-7,12-13H2,1-2H3,(H,21,27). The number of nitrogens with one attached hydrogen (secondary N) is 1. The van der Waals surface area contributed by atoms with Crippen molar-refractivity contribution in [3.63, 3.8) is 0 Å². The molecule has 1 heterocycles. The molecule has 28 heavy (non-hydrogen) atoms. The lowest BCUT2D eigenvalue weighted by Gasteiger charge is -2.21. The number of rotatable bonds is 8. The van der Waals surface area contributed by atoms with Crippen LogP contribution in [0, 0.1) is 5.92 Å². The molecule has 1 aromatic heterocycles. The highest BCUT2D eigenvalue weighted by Gasteiger charge is 2.21. The Balaban J connectivity index is 1.54. The molecule has 150 valence electrons. The van der Waals surface area contributed by atoms with Gasteiger partial charge in [0.05, 0.1) is 11.8 Å². The number of aromatic nitrogens is 4. The maximum absolute atomic E-state index is 12.5. The van der Waals surface area contributed by atoms with Gasteiger partial charge in [-0.05, 0) is 53.5 Å². The zero-order valence-corrected chi connectivity index (χ0v) is 17.2. The number of hydrogen-bond acceptors (Lipinski definition) is 6. The predicted octanol–water partition coefficient (Wildman–Crippen LogP) is 4.14.